The SMILES string of the molecule is OCC[C@H]1Cc2cc(Cl)ccc2N1. The maximum Gasteiger partial charge on any atom is 0.0450 e. The van der Waals surface area contributed by atoms with Gasteiger partial charge in [0.25, 0.3) is 0 Å². The zero-order chi connectivity index (χ0) is 9.26. The van der Waals surface area contributed by atoms with Crippen molar-refractivity contribution in [2.45, 2.75) is 18.9 Å². The first-order valence-electron chi connectivity index (χ1n) is 4.45. The molecule has 1 aromatic rings. The maximum atomic E-state index is 8.79. The van der Waals surface area contributed by atoms with E-state index in [9.17, 15) is 0 Å². The lowest BCUT2D eigenvalue weighted by atomic mass is 10.1. The average Bonchev–Trinajstić information content (AvgIpc) is 2.46. The van der Waals surface area contributed by atoms with E-state index >= 15 is 0 Å². The Hall–Kier alpha value is -0.730. The normalized spacial score (nSPS) is 19.7. The summed E-state index contributed by atoms with van der Waals surface area (Å²) in [7, 11) is 0. The van der Waals surface area contributed by atoms with Gasteiger partial charge >= 0.3 is 0 Å². The van der Waals surface area contributed by atoms with E-state index in [1.165, 1.54) is 5.56 Å². The van der Waals surface area contributed by atoms with Crippen molar-refractivity contribution in [3.63, 3.8) is 0 Å². The molecule has 2 N–H and O–H groups in total. The molecule has 0 radical (unpaired) electrons. The highest BCUT2D eigenvalue weighted by Gasteiger charge is 2.19. The van der Waals surface area contributed by atoms with Crippen LogP contribution in [0, 0.1) is 0 Å². The third-order valence-corrected chi connectivity index (χ3v) is 2.61. The first-order valence-corrected chi connectivity index (χ1v) is 4.83. The quantitative estimate of drug-likeness (QED) is 0.761. The Balaban J connectivity index is 2.16. The van der Waals surface area contributed by atoms with Gasteiger partial charge in [0.2, 0.25) is 0 Å². The Morgan fingerprint density at radius 3 is 3.15 bits per heavy atom. The van der Waals surface area contributed by atoms with E-state index in [2.05, 4.69) is 5.32 Å². The molecular formula is C10H12ClNO. The van der Waals surface area contributed by atoms with Gasteiger partial charge < -0.3 is 10.4 Å². The largest absolute Gasteiger partial charge is 0.396 e. The summed E-state index contributed by atoms with van der Waals surface area (Å²) >= 11 is 5.87. The monoisotopic (exact) mass is 197 g/mol. The van der Waals surface area contributed by atoms with Gasteiger partial charge in [-0.2, -0.15) is 0 Å². The summed E-state index contributed by atoms with van der Waals surface area (Å²) in [6.45, 7) is 0.236. The van der Waals surface area contributed by atoms with Gasteiger partial charge in [-0.1, -0.05) is 11.6 Å². The molecule has 2 nitrogen and oxygen atoms in total. The third kappa shape index (κ3) is 1.79. The molecule has 1 atom stereocenters. The lowest BCUT2D eigenvalue weighted by Gasteiger charge is -2.07. The molecule has 0 saturated heterocycles. The molecule has 70 valence electrons. The van der Waals surface area contributed by atoms with Gasteiger partial charge in [-0.05, 0) is 36.6 Å². The molecule has 0 unspecified atom stereocenters. The first-order chi connectivity index (χ1) is 6.29. The van der Waals surface area contributed by atoms with Gasteiger partial charge in [0, 0.05) is 23.4 Å². The van der Waals surface area contributed by atoms with Crippen molar-refractivity contribution in [2.24, 2.45) is 0 Å². The van der Waals surface area contributed by atoms with E-state index in [-0.39, 0.29) is 6.61 Å². The smallest absolute Gasteiger partial charge is 0.0450 e. The molecule has 1 aromatic carbocycles. The number of hydrogen-bond acceptors (Lipinski definition) is 2. The fraction of sp³-hybridized carbons (Fsp3) is 0.400. The molecule has 3 heteroatoms. The number of hydrogen-bond donors (Lipinski definition) is 2. The molecule has 0 saturated carbocycles. The van der Waals surface area contributed by atoms with Gasteiger partial charge in [-0.15, -0.1) is 0 Å². The summed E-state index contributed by atoms with van der Waals surface area (Å²) in [4.78, 5) is 0. The van der Waals surface area contributed by atoms with Crippen LogP contribution in [-0.2, 0) is 6.42 Å². The molecule has 1 aliphatic heterocycles. The van der Waals surface area contributed by atoms with Crippen molar-refractivity contribution in [1.29, 1.82) is 0 Å². The minimum absolute atomic E-state index is 0.236. The molecule has 1 aliphatic rings. The van der Waals surface area contributed by atoms with Crippen LogP contribution in [0.25, 0.3) is 0 Å². The highest BCUT2D eigenvalue weighted by Crippen LogP contribution is 2.29. The summed E-state index contributed by atoms with van der Waals surface area (Å²) < 4.78 is 0. The molecule has 0 aliphatic carbocycles. The number of aliphatic hydroxyl groups excluding tert-OH is 1. The van der Waals surface area contributed by atoms with Crippen molar-refractivity contribution in [2.75, 3.05) is 11.9 Å². The summed E-state index contributed by atoms with van der Waals surface area (Å²) in [5, 5.41) is 12.9. The van der Waals surface area contributed by atoms with Crippen LogP contribution in [0.15, 0.2) is 18.2 Å². The lowest BCUT2D eigenvalue weighted by molar-refractivity contribution is 0.280. The van der Waals surface area contributed by atoms with Crippen molar-refractivity contribution in [3.05, 3.63) is 28.8 Å². The number of nitrogens with one attached hydrogen (secondary N) is 1. The molecule has 1 heterocycles. The number of rotatable bonds is 2. The summed E-state index contributed by atoms with van der Waals surface area (Å²) in [5.74, 6) is 0. The summed E-state index contributed by atoms with van der Waals surface area (Å²) in [5.41, 5.74) is 2.41. The third-order valence-electron chi connectivity index (χ3n) is 2.37. The second kappa shape index (κ2) is 3.56. The Morgan fingerprint density at radius 1 is 1.54 bits per heavy atom. The summed E-state index contributed by atoms with van der Waals surface area (Å²) in [6.07, 6.45) is 1.77. The minimum atomic E-state index is 0.236. The Morgan fingerprint density at radius 2 is 2.38 bits per heavy atom. The highest BCUT2D eigenvalue weighted by atomic mass is 35.5. The van der Waals surface area contributed by atoms with E-state index in [4.69, 9.17) is 16.7 Å². The maximum absolute atomic E-state index is 8.79. The average molecular weight is 198 g/mol. The van der Waals surface area contributed by atoms with Crippen LogP contribution in [0.5, 0.6) is 0 Å². The van der Waals surface area contributed by atoms with Crippen LogP contribution >= 0.6 is 11.6 Å². The number of halogens is 1. The van der Waals surface area contributed by atoms with Crippen molar-refractivity contribution >= 4 is 17.3 Å². The van der Waals surface area contributed by atoms with Crippen LogP contribution in [-0.4, -0.2) is 17.8 Å². The lowest BCUT2D eigenvalue weighted by Crippen LogP contribution is -2.16. The first kappa shape index (κ1) is 8.85. The van der Waals surface area contributed by atoms with Crippen LogP contribution in [0.3, 0.4) is 0 Å². The van der Waals surface area contributed by atoms with Crippen LogP contribution in [0.4, 0.5) is 5.69 Å². The summed E-state index contributed by atoms with van der Waals surface area (Å²) in [6, 6.07) is 6.24. The highest BCUT2D eigenvalue weighted by molar-refractivity contribution is 6.30. The van der Waals surface area contributed by atoms with Gasteiger partial charge in [0.05, 0.1) is 0 Å². The van der Waals surface area contributed by atoms with Gasteiger partial charge in [0.15, 0.2) is 0 Å². The van der Waals surface area contributed by atoms with Gasteiger partial charge in [-0.25, -0.2) is 0 Å². The fourth-order valence-electron chi connectivity index (χ4n) is 1.74. The topological polar surface area (TPSA) is 32.3 Å². The molecular weight excluding hydrogens is 186 g/mol. The molecule has 0 fully saturated rings. The number of benzene rings is 1. The van der Waals surface area contributed by atoms with Crippen molar-refractivity contribution < 1.29 is 5.11 Å². The molecule has 2 rings (SSSR count). The van der Waals surface area contributed by atoms with E-state index in [0.29, 0.717) is 6.04 Å². The Kier molecular flexibility index (Phi) is 2.42. The van der Waals surface area contributed by atoms with E-state index in [1.807, 2.05) is 18.2 Å². The van der Waals surface area contributed by atoms with Gasteiger partial charge in [-0.3, -0.25) is 0 Å². The zero-order valence-corrected chi connectivity index (χ0v) is 8.01. The van der Waals surface area contributed by atoms with E-state index in [1.54, 1.807) is 0 Å². The van der Waals surface area contributed by atoms with E-state index in [0.717, 1.165) is 23.6 Å². The van der Waals surface area contributed by atoms with Gasteiger partial charge in [0.1, 0.15) is 0 Å². The number of aliphatic hydroxyl groups is 1. The number of anilines is 1. The predicted molar refractivity (Wildman–Crippen MR) is 54.3 cm³/mol. The molecule has 0 aromatic heterocycles. The van der Waals surface area contributed by atoms with Crippen LogP contribution in [0.2, 0.25) is 5.02 Å². The molecule has 0 bridgehead atoms. The van der Waals surface area contributed by atoms with E-state index < -0.39 is 0 Å². The Bertz CT molecular complexity index is 314. The second-order valence-corrected chi connectivity index (χ2v) is 3.80. The molecule has 0 spiro atoms. The standard InChI is InChI=1S/C10H12ClNO/c11-8-1-2-10-7(5-8)6-9(12-10)3-4-13/h1-2,5,9,12-13H,3-4,6H2/t9-/m0/s1. The Labute approximate surface area is 82.5 Å². The predicted octanol–water partition coefficient (Wildman–Crippen LogP) is 2.06. The molecule has 0 amide bonds. The van der Waals surface area contributed by atoms with Crippen molar-refractivity contribution in [3.8, 4) is 0 Å². The molecule has 13 heavy (non-hydrogen) atoms. The van der Waals surface area contributed by atoms with Crippen LogP contribution in [0.1, 0.15) is 12.0 Å². The minimum Gasteiger partial charge on any atom is -0.396 e. The zero-order valence-electron chi connectivity index (χ0n) is 7.26. The second-order valence-electron chi connectivity index (χ2n) is 3.36. The fourth-order valence-corrected chi connectivity index (χ4v) is 1.93. The van der Waals surface area contributed by atoms with Crippen molar-refractivity contribution in [1.82, 2.24) is 0 Å². The number of fused-ring (bicyclic) bond motifs is 1. The van der Waals surface area contributed by atoms with Crippen LogP contribution < -0.4 is 5.32 Å².